The second-order valence-electron chi connectivity index (χ2n) is 11.1. The lowest BCUT2D eigenvalue weighted by Gasteiger charge is -2.35. The zero-order valence-electron chi connectivity index (χ0n) is 23.0. The van der Waals surface area contributed by atoms with Crippen LogP contribution in [0.4, 0.5) is 0 Å². The van der Waals surface area contributed by atoms with E-state index in [1.165, 1.54) is 16.9 Å². The van der Waals surface area contributed by atoms with Gasteiger partial charge in [-0.25, -0.2) is 4.98 Å². The third-order valence-electron chi connectivity index (χ3n) is 7.77. The van der Waals surface area contributed by atoms with Crippen LogP contribution in [0.5, 0.6) is 0 Å². The van der Waals surface area contributed by atoms with Gasteiger partial charge in [-0.15, -0.1) is 17.9 Å². The molecule has 0 radical (unpaired) electrons. The van der Waals surface area contributed by atoms with Crippen LogP contribution in [0, 0.1) is 17.3 Å². The molecule has 38 heavy (non-hydrogen) atoms. The summed E-state index contributed by atoms with van der Waals surface area (Å²) in [7, 11) is 0. The maximum atomic E-state index is 13.6. The molecular formula is C30H42N2O5S. The third-order valence-corrected chi connectivity index (χ3v) is 8.83. The van der Waals surface area contributed by atoms with Gasteiger partial charge in [-0.2, -0.15) is 0 Å². The van der Waals surface area contributed by atoms with Crippen LogP contribution in [0.3, 0.4) is 0 Å². The van der Waals surface area contributed by atoms with Gasteiger partial charge in [-0.05, 0) is 56.2 Å². The van der Waals surface area contributed by atoms with Crippen molar-refractivity contribution in [2.75, 3.05) is 0 Å². The number of Topliss-reactive ketones (excluding diaryl/α,β-unsaturated/α-hetero) is 1. The Kier molecular flexibility index (Phi) is 10.4. The fourth-order valence-electron chi connectivity index (χ4n) is 5.06. The number of rotatable bonds is 4. The molecule has 8 heteroatoms. The van der Waals surface area contributed by atoms with Crippen molar-refractivity contribution >= 4 is 33.3 Å². The number of aromatic nitrogens is 1. The zero-order valence-corrected chi connectivity index (χ0v) is 23.8. The van der Waals surface area contributed by atoms with E-state index in [1.54, 1.807) is 19.9 Å². The molecule has 0 spiro atoms. The number of thiazole rings is 1. The van der Waals surface area contributed by atoms with Crippen molar-refractivity contribution in [1.82, 2.24) is 4.98 Å². The van der Waals surface area contributed by atoms with E-state index >= 15 is 0 Å². The number of cyclic esters (lactones) is 1. The van der Waals surface area contributed by atoms with E-state index in [9.17, 15) is 19.8 Å². The first-order valence-electron chi connectivity index (χ1n) is 13.4. The summed E-state index contributed by atoms with van der Waals surface area (Å²) >= 11 is 1.54. The van der Waals surface area contributed by atoms with Gasteiger partial charge in [-0.3, -0.25) is 9.59 Å². The Balaban J connectivity index is 1.93. The first kappa shape index (κ1) is 30.2. The van der Waals surface area contributed by atoms with Crippen molar-refractivity contribution in [2.24, 2.45) is 23.0 Å². The smallest absolute Gasteiger partial charge is 0.309 e. The highest BCUT2D eigenvalue weighted by Crippen LogP contribution is 2.35. The fourth-order valence-corrected chi connectivity index (χ4v) is 5.88. The molecule has 5 atom stereocenters. The number of benzene rings is 1. The molecule has 0 saturated carbocycles. The first-order valence-corrected chi connectivity index (χ1v) is 14.2. The van der Waals surface area contributed by atoms with Gasteiger partial charge < -0.3 is 20.7 Å². The number of carbonyl (C=O) groups excluding carboxylic acids is 2. The summed E-state index contributed by atoms with van der Waals surface area (Å²) in [6.45, 7) is 11.4. The van der Waals surface area contributed by atoms with Gasteiger partial charge in [0, 0.05) is 18.9 Å². The topological polar surface area (TPSA) is 123 Å². The van der Waals surface area contributed by atoms with Crippen LogP contribution in [0.15, 0.2) is 42.5 Å². The predicted molar refractivity (Wildman–Crippen MR) is 151 cm³/mol. The van der Waals surface area contributed by atoms with Crippen LogP contribution in [-0.2, 0) is 20.9 Å². The molecule has 4 N–H and O–H groups in total. The predicted octanol–water partition coefficient (Wildman–Crippen LogP) is 5.40. The Labute approximate surface area is 229 Å². The van der Waals surface area contributed by atoms with Gasteiger partial charge in [-0.1, -0.05) is 44.6 Å². The number of allylic oxidation sites excluding steroid dienone is 2. The summed E-state index contributed by atoms with van der Waals surface area (Å²) in [5.74, 6) is -1.67. The van der Waals surface area contributed by atoms with Crippen LogP contribution in [0.2, 0.25) is 0 Å². The second kappa shape index (κ2) is 13.1. The standard InChI is InChI=1S/C30H42N2O5S/c1-6-8-21-28(35)19(3)10-7-9-18(2)11-13-23(37-27(34)16-25(33)30(4,5)29(21)36)20-12-14-24-22(15-20)32-26(17-31)38-24/h6,11-12,14-15,19,21,23,25,28,33,35H,1,7-10,13,16-17,31H2,2-5H3/b18-11+. The minimum Gasteiger partial charge on any atom is -0.457 e. The van der Waals surface area contributed by atoms with Crippen LogP contribution >= 0.6 is 11.3 Å². The average Bonchev–Trinajstić information content (AvgIpc) is 3.30. The molecule has 1 aromatic heterocycles. The quantitative estimate of drug-likeness (QED) is 0.349. The molecular weight excluding hydrogens is 500 g/mol. The normalized spacial score (nSPS) is 29.4. The fraction of sp³-hybridized carbons (Fsp3) is 0.567. The molecule has 2 aromatic rings. The summed E-state index contributed by atoms with van der Waals surface area (Å²) in [5.41, 5.74) is 7.30. The number of hydrogen-bond acceptors (Lipinski definition) is 8. The van der Waals surface area contributed by atoms with Crippen LogP contribution in [0.1, 0.15) is 82.9 Å². The molecule has 5 unspecified atom stereocenters. The van der Waals surface area contributed by atoms with E-state index < -0.39 is 35.6 Å². The maximum Gasteiger partial charge on any atom is 0.309 e. The highest BCUT2D eigenvalue weighted by atomic mass is 32.1. The average molecular weight is 543 g/mol. The minimum atomic E-state index is -1.27. The van der Waals surface area contributed by atoms with Crippen molar-refractivity contribution in [3.63, 3.8) is 0 Å². The van der Waals surface area contributed by atoms with Crippen LogP contribution in [0.25, 0.3) is 10.2 Å². The monoisotopic (exact) mass is 542 g/mol. The first-order chi connectivity index (χ1) is 18.0. The SMILES string of the molecule is C=CCC1C(=O)C(C)(C)C(O)CC(=O)OC(c2ccc3sc(CN)nc3c2)C/C=C(\C)CCCC(C)C1O. The minimum absolute atomic E-state index is 0.0986. The lowest BCUT2D eigenvalue weighted by Crippen LogP contribution is -2.46. The molecule has 0 aliphatic carbocycles. The van der Waals surface area contributed by atoms with Crippen LogP contribution in [-0.4, -0.2) is 39.2 Å². The molecule has 1 aromatic carbocycles. The molecule has 1 aliphatic heterocycles. The summed E-state index contributed by atoms with van der Waals surface area (Å²) < 4.78 is 6.93. The summed E-state index contributed by atoms with van der Waals surface area (Å²) in [4.78, 5) is 31.2. The van der Waals surface area contributed by atoms with Crippen molar-refractivity contribution in [3.05, 3.63) is 53.1 Å². The lowest BCUT2D eigenvalue weighted by molar-refractivity contribution is -0.156. The number of ketones is 1. The second-order valence-corrected chi connectivity index (χ2v) is 12.2. The lowest BCUT2D eigenvalue weighted by atomic mass is 9.71. The number of nitrogens with zero attached hydrogens (tertiary/aromatic N) is 1. The largest absolute Gasteiger partial charge is 0.457 e. The van der Waals surface area contributed by atoms with E-state index in [4.69, 9.17) is 10.5 Å². The number of aliphatic hydroxyl groups excluding tert-OH is 2. The molecule has 3 rings (SSSR count). The Morgan fingerprint density at radius 3 is 2.71 bits per heavy atom. The van der Waals surface area contributed by atoms with E-state index in [1.807, 2.05) is 25.1 Å². The molecule has 0 saturated heterocycles. The van der Waals surface area contributed by atoms with Gasteiger partial charge in [0.05, 0.1) is 34.3 Å². The Morgan fingerprint density at radius 1 is 1.29 bits per heavy atom. The Hall–Kier alpha value is -2.39. The van der Waals surface area contributed by atoms with E-state index in [-0.39, 0.29) is 18.1 Å². The summed E-state index contributed by atoms with van der Waals surface area (Å²) in [6, 6.07) is 5.83. The zero-order chi connectivity index (χ0) is 28.0. The third kappa shape index (κ3) is 7.17. The van der Waals surface area contributed by atoms with Crippen molar-refractivity contribution in [3.8, 4) is 0 Å². The van der Waals surface area contributed by atoms with E-state index in [2.05, 4.69) is 24.6 Å². The molecule has 208 valence electrons. The number of aliphatic hydroxyl groups is 2. The van der Waals surface area contributed by atoms with Gasteiger partial charge >= 0.3 is 5.97 Å². The number of esters is 1. The summed E-state index contributed by atoms with van der Waals surface area (Å²) in [5, 5.41) is 22.9. The molecule has 2 heterocycles. The van der Waals surface area contributed by atoms with Gasteiger partial charge in [0.1, 0.15) is 16.9 Å². The Bertz CT molecular complexity index is 1170. The summed E-state index contributed by atoms with van der Waals surface area (Å²) in [6.07, 6.45) is 3.94. The van der Waals surface area contributed by atoms with Gasteiger partial charge in [0.15, 0.2) is 0 Å². The number of ether oxygens (including phenoxy) is 1. The molecule has 0 amide bonds. The highest BCUT2D eigenvalue weighted by Gasteiger charge is 2.43. The highest BCUT2D eigenvalue weighted by molar-refractivity contribution is 7.18. The maximum absolute atomic E-state index is 13.6. The number of hydrogen-bond donors (Lipinski definition) is 3. The number of fused-ring (bicyclic) bond motifs is 1. The molecule has 7 nitrogen and oxygen atoms in total. The van der Waals surface area contributed by atoms with E-state index in [0.29, 0.717) is 19.4 Å². The molecule has 0 bridgehead atoms. The number of carbonyl (C=O) groups is 2. The molecule has 0 fully saturated rings. The number of nitrogens with two attached hydrogens (primary N) is 1. The van der Waals surface area contributed by atoms with Crippen molar-refractivity contribution < 1.29 is 24.5 Å². The van der Waals surface area contributed by atoms with Crippen molar-refractivity contribution in [2.45, 2.75) is 91.1 Å². The van der Waals surface area contributed by atoms with Crippen molar-refractivity contribution in [1.29, 1.82) is 0 Å². The van der Waals surface area contributed by atoms with E-state index in [0.717, 1.165) is 40.1 Å². The molecule has 1 aliphatic rings. The Morgan fingerprint density at radius 2 is 2.03 bits per heavy atom. The van der Waals surface area contributed by atoms with Gasteiger partial charge in [0.2, 0.25) is 0 Å². The van der Waals surface area contributed by atoms with Crippen LogP contribution < -0.4 is 5.73 Å². The van der Waals surface area contributed by atoms with Gasteiger partial charge in [0.25, 0.3) is 0 Å².